The van der Waals surface area contributed by atoms with Crippen molar-refractivity contribution < 1.29 is 28.8 Å². The number of hydrogen-bond acceptors (Lipinski definition) is 11. The number of nitrogens with two attached hydrogens (primary N) is 1. The third-order valence-electron chi connectivity index (χ3n) is 7.46. The quantitative estimate of drug-likeness (QED) is 0.123. The van der Waals surface area contributed by atoms with Gasteiger partial charge in [0.2, 0.25) is 11.8 Å². The van der Waals surface area contributed by atoms with E-state index in [-0.39, 0.29) is 11.8 Å². The number of amides is 2. The zero-order valence-corrected chi connectivity index (χ0v) is 27.0. The standard InChI is InChI=1S/C19H24N4O4.C14H19N3O2/c1-10(24)9-20-14-5-4-13(18-11(2)23-27-12(18)3)8-16(14)22-19(26)15-6-7-17(25)21-15;1-8(18)7-16-13-5-4-11(6-12(13)15)14-9(2)17-19-10(14)3/h4-5,8,10,15,20,24H,6-7,9H2,1-3H3,(H,21,25)(H,22,26);4-6,8,16,18H,7,15H2,1-3H3/t10?,15-;/m0./s1. The van der Waals surface area contributed by atoms with Crippen LogP contribution in [0.25, 0.3) is 22.3 Å². The van der Waals surface area contributed by atoms with E-state index < -0.39 is 18.2 Å². The van der Waals surface area contributed by atoms with E-state index in [1.807, 2.05) is 64.1 Å². The fraction of sp³-hybridized carbons (Fsp3) is 0.394. The van der Waals surface area contributed by atoms with E-state index in [1.165, 1.54) is 0 Å². The second-order valence-corrected chi connectivity index (χ2v) is 11.6. The molecule has 3 heterocycles. The largest absolute Gasteiger partial charge is 0.397 e. The molecule has 1 aliphatic rings. The Hall–Kier alpha value is -4.88. The van der Waals surface area contributed by atoms with Crippen molar-refractivity contribution in [2.24, 2.45) is 0 Å². The van der Waals surface area contributed by atoms with E-state index in [9.17, 15) is 19.8 Å². The van der Waals surface area contributed by atoms with Gasteiger partial charge in [-0.05, 0) is 83.4 Å². The average molecular weight is 634 g/mol. The van der Waals surface area contributed by atoms with Crippen molar-refractivity contribution in [3.8, 4) is 22.3 Å². The molecule has 2 unspecified atom stereocenters. The van der Waals surface area contributed by atoms with Crippen molar-refractivity contribution in [3.63, 3.8) is 0 Å². The molecule has 4 aromatic rings. The van der Waals surface area contributed by atoms with Crippen LogP contribution in [0.5, 0.6) is 0 Å². The van der Waals surface area contributed by atoms with Crippen LogP contribution in [0.3, 0.4) is 0 Å². The lowest BCUT2D eigenvalue weighted by Crippen LogP contribution is -2.37. The predicted octanol–water partition coefficient (Wildman–Crippen LogP) is 4.30. The summed E-state index contributed by atoms with van der Waals surface area (Å²) in [7, 11) is 0. The van der Waals surface area contributed by atoms with Crippen molar-refractivity contribution in [1.82, 2.24) is 15.6 Å². The highest BCUT2D eigenvalue weighted by atomic mass is 16.5. The number of aromatic nitrogens is 2. The predicted molar refractivity (Wildman–Crippen MR) is 177 cm³/mol. The van der Waals surface area contributed by atoms with E-state index in [2.05, 4.69) is 31.6 Å². The van der Waals surface area contributed by atoms with Crippen molar-refractivity contribution in [3.05, 3.63) is 59.3 Å². The topological polar surface area (TPSA) is 201 Å². The highest BCUT2D eigenvalue weighted by Crippen LogP contribution is 2.33. The van der Waals surface area contributed by atoms with E-state index in [4.69, 9.17) is 14.8 Å². The lowest BCUT2D eigenvalue weighted by atomic mass is 10.0. The molecule has 0 spiro atoms. The first-order valence-corrected chi connectivity index (χ1v) is 15.2. The Morgan fingerprint density at radius 2 is 1.41 bits per heavy atom. The summed E-state index contributed by atoms with van der Waals surface area (Å²) >= 11 is 0. The lowest BCUT2D eigenvalue weighted by Gasteiger charge is -2.17. The third kappa shape index (κ3) is 8.43. The molecule has 3 atom stereocenters. The van der Waals surface area contributed by atoms with Gasteiger partial charge in [0.1, 0.15) is 17.6 Å². The molecule has 1 saturated heterocycles. The minimum atomic E-state index is -0.537. The van der Waals surface area contributed by atoms with E-state index in [0.29, 0.717) is 48.8 Å². The number of nitrogen functional groups attached to an aromatic ring is 1. The van der Waals surface area contributed by atoms with Gasteiger partial charge >= 0.3 is 0 Å². The Kier molecular flexibility index (Phi) is 11.0. The molecule has 13 heteroatoms. The molecule has 5 rings (SSSR count). The molecule has 8 N–H and O–H groups in total. The molecule has 0 saturated carbocycles. The minimum absolute atomic E-state index is 0.118. The fourth-order valence-corrected chi connectivity index (χ4v) is 5.17. The number of carbonyl (C=O) groups is 2. The highest BCUT2D eigenvalue weighted by molar-refractivity contribution is 6.01. The van der Waals surface area contributed by atoms with Gasteiger partial charge in [0.25, 0.3) is 0 Å². The van der Waals surface area contributed by atoms with Crippen LogP contribution in [0.15, 0.2) is 45.4 Å². The van der Waals surface area contributed by atoms with E-state index >= 15 is 0 Å². The summed E-state index contributed by atoms with van der Waals surface area (Å²) in [5.74, 6) is 1.09. The number of rotatable bonds is 10. The average Bonchev–Trinajstić information content (AvgIpc) is 3.69. The molecule has 246 valence electrons. The molecule has 46 heavy (non-hydrogen) atoms. The molecule has 2 aromatic heterocycles. The highest BCUT2D eigenvalue weighted by Gasteiger charge is 2.28. The first-order valence-electron chi connectivity index (χ1n) is 15.2. The maximum Gasteiger partial charge on any atom is 0.247 e. The van der Waals surface area contributed by atoms with Crippen molar-refractivity contribution in [2.45, 2.75) is 72.6 Å². The van der Waals surface area contributed by atoms with Gasteiger partial charge in [-0.25, -0.2) is 0 Å². The Morgan fingerprint density at radius 3 is 1.87 bits per heavy atom. The van der Waals surface area contributed by atoms with Crippen LogP contribution in [0.1, 0.15) is 49.6 Å². The second-order valence-electron chi connectivity index (χ2n) is 11.6. The van der Waals surface area contributed by atoms with Crippen LogP contribution in [0, 0.1) is 27.7 Å². The van der Waals surface area contributed by atoms with Gasteiger partial charge in [0, 0.05) is 30.6 Å². The van der Waals surface area contributed by atoms with Crippen molar-refractivity contribution in [2.75, 3.05) is 34.8 Å². The summed E-state index contributed by atoms with van der Waals surface area (Å²) in [6.07, 6.45) is -0.124. The van der Waals surface area contributed by atoms with Gasteiger partial charge in [-0.2, -0.15) is 0 Å². The second kappa shape index (κ2) is 14.9. The first kappa shape index (κ1) is 34.0. The number of carbonyl (C=O) groups excluding carboxylic acids is 2. The van der Waals surface area contributed by atoms with E-state index in [1.54, 1.807) is 13.8 Å². The number of aliphatic hydroxyl groups excluding tert-OH is 2. The summed E-state index contributed by atoms with van der Waals surface area (Å²) in [5.41, 5.74) is 14.0. The summed E-state index contributed by atoms with van der Waals surface area (Å²) in [6, 6.07) is 10.8. The smallest absolute Gasteiger partial charge is 0.247 e. The lowest BCUT2D eigenvalue weighted by molar-refractivity contribution is -0.122. The molecule has 2 amide bonds. The number of anilines is 4. The minimum Gasteiger partial charge on any atom is -0.397 e. The Bertz CT molecular complexity index is 1640. The molecule has 13 nitrogen and oxygen atoms in total. The molecule has 1 fully saturated rings. The molecular formula is C33H43N7O6. The van der Waals surface area contributed by atoms with Crippen LogP contribution in [0.2, 0.25) is 0 Å². The Balaban J connectivity index is 0.000000222. The number of aliphatic hydroxyl groups is 2. The molecule has 0 bridgehead atoms. The number of benzene rings is 2. The van der Waals surface area contributed by atoms with Gasteiger partial charge in [-0.3, -0.25) is 9.59 Å². The Morgan fingerprint density at radius 1 is 0.891 bits per heavy atom. The van der Waals surface area contributed by atoms with Crippen LogP contribution in [-0.2, 0) is 9.59 Å². The van der Waals surface area contributed by atoms with Crippen molar-refractivity contribution >= 4 is 34.6 Å². The van der Waals surface area contributed by atoms with Gasteiger partial charge < -0.3 is 46.3 Å². The first-order chi connectivity index (χ1) is 21.8. The van der Waals surface area contributed by atoms with Crippen LogP contribution in [0.4, 0.5) is 22.7 Å². The molecule has 0 radical (unpaired) electrons. The Labute approximate surface area is 267 Å². The van der Waals surface area contributed by atoms with Crippen LogP contribution < -0.4 is 27.0 Å². The summed E-state index contributed by atoms with van der Waals surface area (Å²) in [5, 5.41) is 38.5. The van der Waals surface area contributed by atoms with Gasteiger partial charge in [-0.1, -0.05) is 22.4 Å². The van der Waals surface area contributed by atoms with Crippen LogP contribution in [-0.4, -0.2) is 63.7 Å². The maximum absolute atomic E-state index is 12.5. The summed E-state index contributed by atoms with van der Waals surface area (Å²) < 4.78 is 10.4. The van der Waals surface area contributed by atoms with Gasteiger partial charge in [-0.15, -0.1) is 0 Å². The molecule has 1 aliphatic heterocycles. The summed E-state index contributed by atoms with van der Waals surface area (Å²) in [4.78, 5) is 23.9. The number of aryl methyl sites for hydroxylation is 4. The number of hydrogen-bond donors (Lipinski definition) is 7. The van der Waals surface area contributed by atoms with Crippen molar-refractivity contribution in [1.29, 1.82) is 0 Å². The maximum atomic E-state index is 12.5. The molecular weight excluding hydrogens is 590 g/mol. The molecule has 2 aromatic carbocycles. The number of nitrogens with zero attached hydrogens (tertiary/aromatic N) is 2. The van der Waals surface area contributed by atoms with Gasteiger partial charge in [0.05, 0.1) is 46.3 Å². The summed E-state index contributed by atoms with van der Waals surface area (Å²) in [6.45, 7) is 11.7. The fourth-order valence-electron chi connectivity index (χ4n) is 5.17. The zero-order valence-electron chi connectivity index (χ0n) is 27.0. The van der Waals surface area contributed by atoms with E-state index in [0.717, 1.165) is 45.1 Å². The van der Waals surface area contributed by atoms with Crippen LogP contribution >= 0.6 is 0 Å². The third-order valence-corrected chi connectivity index (χ3v) is 7.46. The number of nitrogens with one attached hydrogen (secondary N) is 4. The molecule has 0 aliphatic carbocycles. The zero-order chi connectivity index (χ0) is 33.5. The normalized spacial score (nSPS) is 15.4. The van der Waals surface area contributed by atoms with Gasteiger partial charge in [0.15, 0.2) is 0 Å². The SMILES string of the molecule is Cc1noc(C)c1-c1ccc(NCC(C)O)c(N)c1.Cc1noc(C)c1-c1ccc(NCC(C)O)c(NC(=O)[C@@H]2CCC(=O)N2)c1. The monoisotopic (exact) mass is 633 g/mol.